The number of ketones is 1. The number of benzene rings is 1. The summed E-state index contributed by atoms with van der Waals surface area (Å²) in [5.74, 6) is 0.0415. The molecule has 0 aromatic heterocycles. The highest BCUT2D eigenvalue weighted by molar-refractivity contribution is 6.48. The van der Waals surface area contributed by atoms with Crippen molar-refractivity contribution >= 4 is 32.7 Å². The Morgan fingerprint density at radius 2 is 1.51 bits per heavy atom. The molecule has 0 spiro atoms. The molecule has 2 rings (SSSR count). The van der Waals surface area contributed by atoms with Gasteiger partial charge >= 0.3 is 6.09 Å². The van der Waals surface area contributed by atoms with Crippen LogP contribution in [-0.2, 0) is 23.5 Å². The van der Waals surface area contributed by atoms with Crippen LogP contribution in [0.3, 0.4) is 0 Å². The Labute approximate surface area is 359 Å². The van der Waals surface area contributed by atoms with Crippen molar-refractivity contribution in [1.29, 1.82) is 0 Å². The number of nitrogens with one attached hydrogen (secondary N) is 3. The van der Waals surface area contributed by atoms with Crippen LogP contribution < -0.4 is 20.7 Å². The summed E-state index contributed by atoms with van der Waals surface area (Å²) in [5.41, 5.74) is -0.613. The molecule has 1 aromatic rings. The van der Waals surface area contributed by atoms with E-state index in [9.17, 15) is 19.2 Å². The number of likely N-dealkylation sites (tertiary alicyclic amines) is 1. The fraction of sp³-hybridized carbons (Fsp3) is 0.783. The third-order valence-corrected chi connectivity index (χ3v) is 12.3. The molecular formula is C46H82N4O8Si. The summed E-state index contributed by atoms with van der Waals surface area (Å²) in [6.07, 6.45) is 3.23. The fourth-order valence-corrected chi connectivity index (χ4v) is 8.84. The Hall–Kier alpha value is -3.00. The first-order chi connectivity index (χ1) is 27.5. The van der Waals surface area contributed by atoms with Gasteiger partial charge in [-0.1, -0.05) is 60.6 Å². The van der Waals surface area contributed by atoms with E-state index in [1.807, 2.05) is 39.0 Å². The topological polar surface area (TPSA) is 145 Å². The number of Topliss-reactive ketones (excluding diaryl/α,β-unsaturated/α-hetero) is 1. The van der Waals surface area contributed by atoms with Gasteiger partial charge in [0.1, 0.15) is 23.4 Å². The molecule has 0 aliphatic carbocycles. The molecule has 0 saturated carbocycles. The lowest BCUT2D eigenvalue weighted by atomic mass is 9.67. The van der Waals surface area contributed by atoms with Gasteiger partial charge in [0.2, 0.25) is 5.91 Å². The summed E-state index contributed by atoms with van der Waals surface area (Å²) in [6, 6.07) is 6.84. The molecule has 1 heterocycles. The van der Waals surface area contributed by atoms with Crippen LogP contribution in [0, 0.1) is 40.9 Å². The highest BCUT2D eigenvalue weighted by Gasteiger charge is 2.41. The van der Waals surface area contributed by atoms with Gasteiger partial charge in [-0.05, 0) is 128 Å². The predicted molar refractivity (Wildman–Crippen MR) is 239 cm³/mol. The minimum Gasteiger partial charge on any atom is -0.493 e. The molecule has 3 N–H and O–H groups in total. The van der Waals surface area contributed by atoms with E-state index in [1.54, 1.807) is 20.1 Å². The molecule has 5 atom stereocenters. The van der Waals surface area contributed by atoms with Crippen molar-refractivity contribution in [1.82, 2.24) is 20.9 Å². The van der Waals surface area contributed by atoms with E-state index in [1.165, 1.54) is 0 Å². The Morgan fingerprint density at radius 1 is 0.881 bits per heavy atom. The lowest BCUT2D eigenvalue weighted by molar-refractivity contribution is -0.127. The van der Waals surface area contributed by atoms with Gasteiger partial charge in [0, 0.05) is 50.6 Å². The maximum atomic E-state index is 14.1. The van der Waals surface area contributed by atoms with E-state index < -0.39 is 33.0 Å². The largest absolute Gasteiger partial charge is 0.493 e. The first-order valence-corrected chi connectivity index (χ1v) is 25.0. The molecule has 3 amide bonds. The maximum absolute atomic E-state index is 14.1. The van der Waals surface area contributed by atoms with Crippen molar-refractivity contribution in [3.63, 3.8) is 0 Å². The summed E-state index contributed by atoms with van der Waals surface area (Å²) in [5, 5.41) is 9.77. The number of para-hydroxylation sites is 1. The van der Waals surface area contributed by atoms with Crippen molar-refractivity contribution in [2.24, 2.45) is 40.9 Å². The standard InChI is InChI=1S/C46H82N4O8Si/c1-31(2)36(41(52)47-23-26-50-24-21-34(22-25-50)33(5)51)29-38(45(6,7)8)39(48-44(54)57-46(9,10)11)30-37(32(3)4)43(58-59(13)14)49-42(53)35-19-15-16-20-40(35)56-28-18-17-27-55-12/h15-16,19-20,31-32,34,36-39,43,59H,17-18,21-30H2,1-14H3,(H,47,52)(H,48,54)(H,49,53)/t36-,37-,38+,39-,43?/m0/s1. The normalized spacial score (nSPS) is 17.0. The van der Waals surface area contributed by atoms with Crippen molar-refractivity contribution in [3.05, 3.63) is 29.8 Å². The summed E-state index contributed by atoms with van der Waals surface area (Å²) >= 11 is 0. The second-order valence-electron chi connectivity index (χ2n) is 19.6. The number of carbonyl (C=O) groups excluding carboxylic acids is 4. The van der Waals surface area contributed by atoms with Crippen molar-refractivity contribution in [3.8, 4) is 5.75 Å². The minimum absolute atomic E-state index is 0.00293. The number of unbranched alkanes of at least 4 members (excludes halogenated alkanes) is 1. The van der Waals surface area contributed by atoms with Gasteiger partial charge < -0.3 is 39.5 Å². The first kappa shape index (κ1) is 52.1. The molecule has 59 heavy (non-hydrogen) atoms. The highest BCUT2D eigenvalue weighted by atomic mass is 28.3. The molecule has 1 aromatic carbocycles. The van der Waals surface area contributed by atoms with Crippen LogP contribution in [0.25, 0.3) is 0 Å². The zero-order chi connectivity index (χ0) is 44.5. The van der Waals surface area contributed by atoms with E-state index in [4.69, 9.17) is 18.6 Å². The van der Waals surface area contributed by atoms with Gasteiger partial charge in [0.25, 0.3) is 5.91 Å². The van der Waals surface area contributed by atoms with Gasteiger partial charge in [-0.2, -0.15) is 0 Å². The predicted octanol–water partition coefficient (Wildman–Crippen LogP) is 7.85. The van der Waals surface area contributed by atoms with E-state index in [0.29, 0.717) is 43.9 Å². The lowest BCUT2D eigenvalue weighted by Gasteiger charge is -2.43. The molecule has 1 aliphatic rings. The first-order valence-electron chi connectivity index (χ1n) is 22.2. The average Bonchev–Trinajstić information content (AvgIpc) is 3.12. The summed E-state index contributed by atoms with van der Waals surface area (Å²) in [6.45, 7) is 30.4. The number of carbonyl (C=O) groups is 4. The molecule has 1 fully saturated rings. The number of piperidine rings is 1. The van der Waals surface area contributed by atoms with Gasteiger partial charge in [0.05, 0.1) is 12.2 Å². The number of rotatable bonds is 24. The monoisotopic (exact) mass is 847 g/mol. The lowest BCUT2D eigenvalue weighted by Crippen LogP contribution is -2.53. The van der Waals surface area contributed by atoms with Gasteiger partial charge in [0.15, 0.2) is 9.04 Å². The number of ether oxygens (including phenoxy) is 3. The van der Waals surface area contributed by atoms with Crippen LogP contribution in [0.5, 0.6) is 5.75 Å². The molecule has 12 nitrogen and oxygen atoms in total. The van der Waals surface area contributed by atoms with Crippen LogP contribution in [0.15, 0.2) is 24.3 Å². The molecule has 1 unspecified atom stereocenters. The molecular weight excluding hydrogens is 765 g/mol. The van der Waals surface area contributed by atoms with Crippen LogP contribution in [0.4, 0.5) is 4.79 Å². The Morgan fingerprint density at radius 3 is 2.05 bits per heavy atom. The number of hydrogen-bond acceptors (Lipinski definition) is 9. The third kappa shape index (κ3) is 19.1. The van der Waals surface area contributed by atoms with E-state index in [0.717, 1.165) is 45.3 Å². The zero-order valence-electron chi connectivity index (χ0n) is 39.2. The van der Waals surface area contributed by atoms with Crippen LogP contribution in [0.2, 0.25) is 13.1 Å². The minimum atomic E-state index is -1.70. The van der Waals surface area contributed by atoms with Gasteiger partial charge in [-0.3, -0.25) is 14.4 Å². The smallest absolute Gasteiger partial charge is 0.407 e. The molecule has 338 valence electrons. The second kappa shape index (κ2) is 25.1. The molecule has 1 aliphatic heterocycles. The van der Waals surface area contributed by atoms with Crippen LogP contribution in [0.1, 0.15) is 125 Å². The summed E-state index contributed by atoms with van der Waals surface area (Å²) in [4.78, 5) is 56.1. The quantitative estimate of drug-likeness (QED) is 0.0539. The number of hydrogen-bond donors (Lipinski definition) is 3. The van der Waals surface area contributed by atoms with E-state index in [-0.39, 0.29) is 58.5 Å². The number of methoxy groups -OCH3 is 1. The van der Waals surface area contributed by atoms with Gasteiger partial charge in [-0.15, -0.1) is 0 Å². The van der Waals surface area contributed by atoms with Crippen molar-refractivity contribution in [2.75, 3.05) is 46.5 Å². The van der Waals surface area contributed by atoms with Gasteiger partial charge in [-0.25, -0.2) is 4.79 Å². The molecule has 13 heteroatoms. The average molecular weight is 847 g/mol. The second-order valence-corrected chi connectivity index (χ2v) is 22.0. The molecule has 0 radical (unpaired) electrons. The van der Waals surface area contributed by atoms with Crippen molar-refractivity contribution in [2.45, 2.75) is 146 Å². The highest BCUT2D eigenvalue weighted by Crippen LogP contribution is 2.40. The summed E-state index contributed by atoms with van der Waals surface area (Å²) in [7, 11) is -0.0267. The van der Waals surface area contributed by atoms with Crippen molar-refractivity contribution < 1.29 is 37.8 Å². The summed E-state index contributed by atoms with van der Waals surface area (Å²) < 4.78 is 23.8. The SMILES string of the molecule is COCCCCOc1ccccc1C(=O)NC(O[SiH](C)C)[C@@H](C[C@H](NC(=O)OC(C)(C)C)[C@@H](C[C@H](C(=O)NCCN1CCC(C(C)=O)CC1)C(C)C)C(C)(C)C)C(C)C. The Kier molecular flexibility index (Phi) is 22.1. The number of nitrogens with zero attached hydrogens (tertiary/aromatic N) is 1. The molecule has 0 bridgehead atoms. The Bertz CT molecular complexity index is 1430. The zero-order valence-corrected chi connectivity index (χ0v) is 40.4. The Balaban J connectivity index is 2.44. The maximum Gasteiger partial charge on any atom is 0.407 e. The number of amides is 3. The molecule has 1 saturated heterocycles. The fourth-order valence-electron chi connectivity index (χ4n) is 7.98. The van der Waals surface area contributed by atoms with Crippen LogP contribution >= 0.6 is 0 Å². The van der Waals surface area contributed by atoms with Crippen LogP contribution in [-0.4, -0.2) is 102 Å². The van der Waals surface area contributed by atoms with E-state index >= 15 is 0 Å². The number of alkyl carbamates (subject to hydrolysis) is 1. The van der Waals surface area contributed by atoms with E-state index in [2.05, 4.69) is 82.4 Å². The third-order valence-electron chi connectivity index (χ3n) is 11.4.